The van der Waals surface area contributed by atoms with E-state index in [2.05, 4.69) is 35.2 Å². The van der Waals surface area contributed by atoms with E-state index in [-0.39, 0.29) is 0 Å². The number of para-hydroxylation sites is 1. The van der Waals surface area contributed by atoms with Crippen molar-refractivity contribution in [2.24, 2.45) is 5.73 Å². The van der Waals surface area contributed by atoms with Crippen molar-refractivity contribution in [2.75, 3.05) is 44.2 Å². The van der Waals surface area contributed by atoms with Gasteiger partial charge in [0.1, 0.15) is 0 Å². The van der Waals surface area contributed by atoms with Crippen LogP contribution in [0.5, 0.6) is 0 Å². The Morgan fingerprint density at radius 1 is 1.13 bits per heavy atom. The summed E-state index contributed by atoms with van der Waals surface area (Å²) in [7, 11) is 0. The molecule has 15 heavy (non-hydrogen) atoms. The number of nitrogens with zero attached hydrogens (tertiary/aromatic N) is 1. The first-order valence-corrected chi connectivity index (χ1v) is 5.74. The number of nitrogens with one attached hydrogen (secondary N) is 1. The summed E-state index contributed by atoms with van der Waals surface area (Å²) in [4.78, 5) is 4.10. The first kappa shape index (κ1) is 10.5. The van der Waals surface area contributed by atoms with Crippen molar-refractivity contribution in [2.45, 2.75) is 0 Å². The highest BCUT2D eigenvalue weighted by Gasteiger charge is 2.18. The van der Waals surface area contributed by atoms with Crippen LogP contribution >= 0.6 is 0 Å². The smallest absolute Gasteiger partial charge is 0.0949 e. The minimum atomic E-state index is 0.806. The Balaban J connectivity index is 1.88. The van der Waals surface area contributed by atoms with Gasteiger partial charge in [0, 0.05) is 12.2 Å². The summed E-state index contributed by atoms with van der Waals surface area (Å²) < 4.78 is 0. The third kappa shape index (κ3) is 2.70. The molecule has 1 aromatic carbocycles. The normalized spacial score (nSPS) is 18.1. The van der Waals surface area contributed by atoms with E-state index in [9.17, 15) is 0 Å². The predicted octanol–water partition coefficient (Wildman–Crippen LogP) is -0.650. The molecule has 1 aliphatic heterocycles. The van der Waals surface area contributed by atoms with E-state index >= 15 is 0 Å². The van der Waals surface area contributed by atoms with Crippen LogP contribution in [0.1, 0.15) is 0 Å². The largest absolute Gasteiger partial charge is 0.360 e. The van der Waals surface area contributed by atoms with E-state index < -0.39 is 0 Å². The number of piperazine rings is 1. The number of benzene rings is 1. The number of hydrogen-bond donors (Lipinski definition) is 2. The highest BCUT2D eigenvalue weighted by Crippen LogP contribution is 2.12. The van der Waals surface area contributed by atoms with Gasteiger partial charge in [0.2, 0.25) is 0 Å². The zero-order valence-electron chi connectivity index (χ0n) is 9.15. The molecule has 3 N–H and O–H groups in total. The molecule has 0 bridgehead atoms. The molecule has 1 heterocycles. The van der Waals surface area contributed by atoms with Crippen LogP contribution in [0.25, 0.3) is 0 Å². The van der Waals surface area contributed by atoms with Gasteiger partial charge in [-0.1, -0.05) is 18.2 Å². The number of nitrogens with two attached hydrogens (primary N) is 1. The Labute approximate surface area is 91.5 Å². The molecular weight excluding hydrogens is 186 g/mol. The average molecular weight is 206 g/mol. The molecule has 0 saturated carbocycles. The van der Waals surface area contributed by atoms with Crippen molar-refractivity contribution >= 4 is 5.69 Å². The summed E-state index contributed by atoms with van der Waals surface area (Å²) in [5, 5.41) is 0. The maximum Gasteiger partial charge on any atom is 0.0949 e. The fourth-order valence-electron chi connectivity index (χ4n) is 2.17. The number of anilines is 1. The van der Waals surface area contributed by atoms with Gasteiger partial charge in [0.15, 0.2) is 0 Å². The third-order valence-electron chi connectivity index (χ3n) is 3.09. The summed E-state index contributed by atoms with van der Waals surface area (Å²) in [6.45, 7) is 6.65. The second kappa shape index (κ2) is 5.14. The fourth-order valence-corrected chi connectivity index (χ4v) is 2.17. The second-order valence-corrected chi connectivity index (χ2v) is 4.11. The van der Waals surface area contributed by atoms with Gasteiger partial charge in [0.05, 0.1) is 32.7 Å². The Morgan fingerprint density at radius 2 is 1.80 bits per heavy atom. The van der Waals surface area contributed by atoms with Crippen LogP contribution in [0.2, 0.25) is 0 Å². The SMILES string of the molecule is NCC[NH+]1CCN(c2ccccc2)CC1. The molecule has 2 rings (SSSR count). The van der Waals surface area contributed by atoms with Gasteiger partial charge in [-0.3, -0.25) is 0 Å². The molecule has 1 aromatic rings. The molecule has 82 valence electrons. The Bertz CT molecular complexity index is 278. The summed E-state index contributed by atoms with van der Waals surface area (Å²) in [5.74, 6) is 0. The van der Waals surface area contributed by atoms with Gasteiger partial charge in [-0.2, -0.15) is 0 Å². The molecule has 0 unspecified atom stereocenters. The Hall–Kier alpha value is -1.06. The average Bonchev–Trinajstić information content (AvgIpc) is 2.32. The Morgan fingerprint density at radius 3 is 2.40 bits per heavy atom. The monoisotopic (exact) mass is 206 g/mol. The maximum absolute atomic E-state index is 5.57. The maximum atomic E-state index is 5.57. The minimum absolute atomic E-state index is 0.806. The van der Waals surface area contributed by atoms with Crippen molar-refractivity contribution in [3.8, 4) is 0 Å². The third-order valence-corrected chi connectivity index (χ3v) is 3.09. The topological polar surface area (TPSA) is 33.7 Å². The van der Waals surface area contributed by atoms with Crippen LogP contribution in [0.3, 0.4) is 0 Å². The van der Waals surface area contributed by atoms with E-state index in [1.807, 2.05) is 0 Å². The van der Waals surface area contributed by atoms with Gasteiger partial charge < -0.3 is 15.5 Å². The summed E-state index contributed by atoms with van der Waals surface area (Å²) >= 11 is 0. The summed E-state index contributed by atoms with van der Waals surface area (Å²) in [6, 6.07) is 10.7. The Kier molecular flexibility index (Phi) is 3.59. The highest BCUT2D eigenvalue weighted by atomic mass is 15.3. The van der Waals surface area contributed by atoms with Gasteiger partial charge >= 0.3 is 0 Å². The molecule has 0 aromatic heterocycles. The van der Waals surface area contributed by atoms with Crippen LogP contribution < -0.4 is 15.5 Å². The van der Waals surface area contributed by atoms with E-state index in [1.165, 1.54) is 18.8 Å². The number of rotatable bonds is 3. The van der Waals surface area contributed by atoms with Crippen LogP contribution in [0.4, 0.5) is 5.69 Å². The molecule has 1 aliphatic rings. The lowest BCUT2D eigenvalue weighted by Gasteiger charge is -2.33. The first-order chi connectivity index (χ1) is 7.40. The first-order valence-electron chi connectivity index (χ1n) is 5.74. The standard InChI is InChI=1S/C12H19N3/c13-6-7-14-8-10-15(11-9-14)12-4-2-1-3-5-12/h1-5H,6-11,13H2/p+1. The van der Waals surface area contributed by atoms with Gasteiger partial charge in [-0.25, -0.2) is 0 Å². The molecule has 1 fully saturated rings. The molecule has 0 atom stereocenters. The summed E-state index contributed by atoms with van der Waals surface area (Å²) in [5.41, 5.74) is 6.92. The lowest BCUT2D eigenvalue weighted by Crippen LogP contribution is -3.15. The second-order valence-electron chi connectivity index (χ2n) is 4.11. The number of quaternary nitrogens is 1. The van der Waals surface area contributed by atoms with E-state index in [0.29, 0.717) is 0 Å². The van der Waals surface area contributed by atoms with E-state index in [0.717, 1.165) is 26.2 Å². The molecular formula is C12H20N3+. The van der Waals surface area contributed by atoms with Crippen molar-refractivity contribution < 1.29 is 4.90 Å². The van der Waals surface area contributed by atoms with Crippen molar-refractivity contribution in [1.82, 2.24) is 0 Å². The zero-order valence-corrected chi connectivity index (χ0v) is 9.15. The fraction of sp³-hybridized carbons (Fsp3) is 0.500. The summed E-state index contributed by atoms with van der Waals surface area (Å²) in [6.07, 6.45) is 0. The molecule has 0 amide bonds. The van der Waals surface area contributed by atoms with Crippen LogP contribution in [0.15, 0.2) is 30.3 Å². The molecule has 1 saturated heterocycles. The minimum Gasteiger partial charge on any atom is -0.360 e. The van der Waals surface area contributed by atoms with Crippen LogP contribution in [0, 0.1) is 0 Å². The molecule has 0 aliphatic carbocycles. The van der Waals surface area contributed by atoms with Crippen LogP contribution in [-0.4, -0.2) is 39.3 Å². The molecule has 3 heteroatoms. The molecule has 0 spiro atoms. The number of hydrogen-bond acceptors (Lipinski definition) is 2. The predicted molar refractivity (Wildman–Crippen MR) is 63.3 cm³/mol. The highest BCUT2D eigenvalue weighted by molar-refractivity contribution is 5.45. The van der Waals surface area contributed by atoms with Gasteiger partial charge in [-0.05, 0) is 12.1 Å². The van der Waals surface area contributed by atoms with Crippen LogP contribution in [-0.2, 0) is 0 Å². The molecule has 3 nitrogen and oxygen atoms in total. The van der Waals surface area contributed by atoms with Gasteiger partial charge in [0.25, 0.3) is 0 Å². The van der Waals surface area contributed by atoms with Crippen molar-refractivity contribution in [3.05, 3.63) is 30.3 Å². The zero-order chi connectivity index (χ0) is 10.5. The lowest BCUT2D eigenvalue weighted by molar-refractivity contribution is -0.899. The van der Waals surface area contributed by atoms with E-state index in [4.69, 9.17) is 5.73 Å². The lowest BCUT2D eigenvalue weighted by atomic mass is 10.2. The quantitative estimate of drug-likeness (QED) is 0.689. The molecule has 0 radical (unpaired) electrons. The van der Waals surface area contributed by atoms with E-state index in [1.54, 1.807) is 4.90 Å². The van der Waals surface area contributed by atoms with Gasteiger partial charge in [-0.15, -0.1) is 0 Å². The van der Waals surface area contributed by atoms with Crippen molar-refractivity contribution in [1.29, 1.82) is 0 Å². The van der Waals surface area contributed by atoms with Crippen molar-refractivity contribution in [3.63, 3.8) is 0 Å².